The molecule has 6 nitrogen and oxygen atoms in total. The summed E-state index contributed by atoms with van der Waals surface area (Å²) in [4.78, 5) is 27.0. The zero-order chi connectivity index (χ0) is 21.3. The van der Waals surface area contributed by atoms with Gasteiger partial charge in [0, 0.05) is 35.1 Å². The second-order valence-electron chi connectivity index (χ2n) is 7.07. The molecule has 0 amide bonds. The first-order valence-corrected chi connectivity index (χ1v) is 10.3. The van der Waals surface area contributed by atoms with E-state index in [1.165, 1.54) is 15.9 Å². The zero-order valence-corrected chi connectivity index (χ0v) is 17.1. The number of carbonyl (C=O) groups excluding carboxylic acids is 1. The van der Waals surface area contributed by atoms with Gasteiger partial charge in [0.05, 0.1) is 11.6 Å². The number of nitrogens with two attached hydrogens (primary N) is 1. The molecule has 0 aliphatic carbocycles. The van der Waals surface area contributed by atoms with Gasteiger partial charge in [-0.3, -0.25) is 9.59 Å². The average Bonchev–Trinajstić information content (AvgIpc) is 3.27. The van der Waals surface area contributed by atoms with Gasteiger partial charge in [-0.25, -0.2) is 0 Å². The molecule has 0 aliphatic rings. The topological polar surface area (TPSA) is 97.4 Å². The molecule has 0 bridgehead atoms. The van der Waals surface area contributed by atoms with Gasteiger partial charge in [-0.2, -0.15) is 0 Å². The molecule has 0 saturated carbocycles. The van der Waals surface area contributed by atoms with E-state index in [4.69, 9.17) is 5.73 Å². The maximum absolute atomic E-state index is 13.2. The summed E-state index contributed by atoms with van der Waals surface area (Å²) in [5.41, 5.74) is 7.13. The largest absolute Gasteiger partial charge is 0.506 e. The Labute approximate surface area is 177 Å². The van der Waals surface area contributed by atoms with Crippen LogP contribution < -0.4 is 16.6 Å². The Morgan fingerprint density at radius 2 is 1.97 bits per heavy atom. The Kier molecular flexibility index (Phi) is 5.29. The minimum Gasteiger partial charge on any atom is -0.506 e. The van der Waals surface area contributed by atoms with E-state index in [0.717, 1.165) is 10.6 Å². The van der Waals surface area contributed by atoms with Gasteiger partial charge in [0.2, 0.25) is 0 Å². The van der Waals surface area contributed by atoms with Crippen molar-refractivity contribution in [3.8, 4) is 5.75 Å². The van der Waals surface area contributed by atoms with E-state index in [-0.39, 0.29) is 23.8 Å². The molecule has 2 heterocycles. The smallest absolute Gasteiger partial charge is 0.265 e. The number of pyridine rings is 1. The van der Waals surface area contributed by atoms with Crippen LogP contribution in [0.3, 0.4) is 0 Å². The van der Waals surface area contributed by atoms with Gasteiger partial charge in [0.25, 0.3) is 5.56 Å². The summed E-state index contributed by atoms with van der Waals surface area (Å²) in [6.45, 7) is 0. The molecule has 0 spiro atoms. The van der Waals surface area contributed by atoms with Crippen molar-refractivity contribution in [2.45, 2.75) is 12.5 Å². The van der Waals surface area contributed by atoms with Crippen LogP contribution in [-0.4, -0.2) is 15.5 Å². The molecule has 0 saturated heterocycles. The number of hydrogen-bond acceptors (Lipinski definition) is 6. The van der Waals surface area contributed by atoms with Gasteiger partial charge >= 0.3 is 0 Å². The number of thiophene rings is 1. The highest BCUT2D eigenvalue weighted by atomic mass is 32.1. The van der Waals surface area contributed by atoms with Crippen LogP contribution in [0, 0.1) is 0 Å². The Balaban J connectivity index is 1.72. The second kappa shape index (κ2) is 8.04. The Bertz CT molecular complexity index is 1280. The van der Waals surface area contributed by atoms with Gasteiger partial charge in [-0.1, -0.05) is 24.3 Å². The highest BCUT2D eigenvalue weighted by Crippen LogP contribution is 2.31. The standard InChI is InChI=1S/C23H21N3O3S/c1-26-18-9-3-2-8-16(18)22(28)21(23(26)29)19(27)13-17(20-10-5-11-30-20)25-15-7-4-6-14(24)12-15/h2-12,17,25,28H,13,24H2,1H3. The first-order valence-electron chi connectivity index (χ1n) is 9.45. The monoisotopic (exact) mass is 419 g/mol. The fourth-order valence-electron chi connectivity index (χ4n) is 3.56. The van der Waals surface area contributed by atoms with E-state index in [2.05, 4.69) is 5.32 Å². The molecule has 152 valence electrons. The lowest BCUT2D eigenvalue weighted by atomic mass is 10.0. The van der Waals surface area contributed by atoms with Crippen molar-refractivity contribution in [3.05, 3.63) is 86.8 Å². The van der Waals surface area contributed by atoms with E-state index in [9.17, 15) is 14.7 Å². The molecule has 2 aromatic carbocycles. The Morgan fingerprint density at radius 1 is 1.17 bits per heavy atom. The van der Waals surface area contributed by atoms with Crippen LogP contribution in [0.4, 0.5) is 11.4 Å². The number of hydrogen-bond donors (Lipinski definition) is 3. The lowest BCUT2D eigenvalue weighted by molar-refractivity contribution is 0.0972. The average molecular weight is 420 g/mol. The molecule has 0 aliphatic heterocycles. The van der Waals surface area contributed by atoms with E-state index in [1.54, 1.807) is 43.4 Å². The maximum Gasteiger partial charge on any atom is 0.265 e. The molecule has 30 heavy (non-hydrogen) atoms. The third kappa shape index (κ3) is 3.67. The van der Waals surface area contributed by atoms with Gasteiger partial charge in [-0.05, 0) is 41.8 Å². The molecular weight excluding hydrogens is 398 g/mol. The van der Waals surface area contributed by atoms with Crippen LogP contribution in [0.2, 0.25) is 0 Å². The van der Waals surface area contributed by atoms with Gasteiger partial charge < -0.3 is 20.7 Å². The summed E-state index contributed by atoms with van der Waals surface area (Å²) in [6.07, 6.45) is 0.0104. The molecule has 0 radical (unpaired) electrons. The van der Waals surface area contributed by atoms with Crippen molar-refractivity contribution in [1.82, 2.24) is 4.57 Å². The van der Waals surface area contributed by atoms with Crippen LogP contribution in [0.25, 0.3) is 10.9 Å². The number of benzene rings is 2. The number of anilines is 2. The molecule has 4 aromatic rings. The van der Waals surface area contributed by atoms with Crippen LogP contribution in [0.1, 0.15) is 27.7 Å². The molecule has 1 unspecified atom stereocenters. The predicted molar refractivity (Wildman–Crippen MR) is 121 cm³/mol. The number of para-hydroxylation sites is 1. The normalized spacial score (nSPS) is 12.0. The number of Topliss-reactive ketones (excluding diaryl/α,β-unsaturated/α-hetero) is 1. The third-order valence-corrected chi connectivity index (χ3v) is 6.04. The first kappa shape index (κ1) is 19.7. The summed E-state index contributed by atoms with van der Waals surface area (Å²) in [5.74, 6) is -0.693. The first-order chi connectivity index (χ1) is 14.5. The molecular formula is C23H21N3O3S. The van der Waals surface area contributed by atoms with Crippen molar-refractivity contribution in [3.63, 3.8) is 0 Å². The van der Waals surface area contributed by atoms with Crippen LogP contribution in [0.5, 0.6) is 5.75 Å². The molecule has 0 fully saturated rings. The Morgan fingerprint density at radius 3 is 2.70 bits per heavy atom. The number of carbonyl (C=O) groups is 1. The van der Waals surface area contributed by atoms with Crippen molar-refractivity contribution in [1.29, 1.82) is 0 Å². The molecule has 4 N–H and O–H groups in total. The number of ketones is 1. The van der Waals surface area contributed by atoms with E-state index < -0.39 is 11.3 Å². The summed E-state index contributed by atoms with van der Waals surface area (Å²) in [6, 6.07) is 17.7. The third-order valence-electron chi connectivity index (χ3n) is 5.06. The number of nitrogens with zero attached hydrogens (tertiary/aromatic N) is 1. The fraction of sp³-hybridized carbons (Fsp3) is 0.130. The number of nitrogens with one attached hydrogen (secondary N) is 1. The van der Waals surface area contributed by atoms with Crippen molar-refractivity contribution in [2.24, 2.45) is 7.05 Å². The molecule has 4 rings (SSSR count). The number of nitrogen functional groups attached to an aromatic ring is 1. The number of fused-ring (bicyclic) bond motifs is 1. The molecule has 1 atom stereocenters. The minimum absolute atomic E-state index is 0.0104. The summed E-state index contributed by atoms with van der Waals surface area (Å²) in [5, 5.41) is 16.5. The van der Waals surface area contributed by atoms with E-state index in [0.29, 0.717) is 16.6 Å². The van der Waals surface area contributed by atoms with E-state index >= 15 is 0 Å². The number of rotatable bonds is 6. The summed E-state index contributed by atoms with van der Waals surface area (Å²) >= 11 is 1.51. The zero-order valence-electron chi connectivity index (χ0n) is 16.3. The highest BCUT2D eigenvalue weighted by molar-refractivity contribution is 7.10. The highest BCUT2D eigenvalue weighted by Gasteiger charge is 2.25. The summed E-state index contributed by atoms with van der Waals surface area (Å²) in [7, 11) is 1.60. The van der Waals surface area contributed by atoms with Crippen molar-refractivity contribution < 1.29 is 9.90 Å². The fourth-order valence-corrected chi connectivity index (χ4v) is 4.34. The summed E-state index contributed by atoms with van der Waals surface area (Å²) < 4.78 is 1.40. The minimum atomic E-state index is -0.509. The number of aromatic nitrogens is 1. The second-order valence-corrected chi connectivity index (χ2v) is 8.05. The Hall–Kier alpha value is -3.58. The molecule has 7 heteroatoms. The van der Waals surface area contributed by atoms with Crippen molar-refractivity contribution in [2.75, 3.05) is 11.1 Å². The van der Waals surface area contributed by atoms with Gasteiger partial charge in [0.15, 0.2) is 5.78 Å². The lowest BCUT2D eigenvalue weighted by Gasteiger charge is -2.19. The predicted octanol–water partition coefficient (Wildman–Crippen LogP) is 4.31. The number of aryl methyl sites for hydroxylation is 1. The lowest BCUT2D eigenvalue weighted by Crippen LogP contribution is -2.26. The molecule has 2 aromatic heterocycles. The quantitative estimate of drug-likeness (QED) is 0.320. The maximum atomic E-state index is 13.2. The van der Waals surface area contributed by atoms with Crippen LogP contribution >= 0.6 is 11.3 Å². The number of aromatic hydroxyl groups is 1. The van der Waals surface area contributed by atoms with Crippen LogP contribution in [-0.2, 0) is 7.05 Å². The SMILES string of the molecule is Cn1c(=O)c(C(=O)CC(Nc2cccc(N)c2)c2cccs2)c(O)c2ccccc21. The van der Waals surface area contributed by atoms with Gasteiger partial charge in [0.1, 0.15) is 11.3 Å². The van der Waals surface area contributed by atoms with E-state index in [1.807, 2.05) is 29.6 Å². The van der Waals surface area contributed by atoms with Gasteiger partial charge in [-0.15, -0.1) is 11.3 Å². The van der Waals surface area contributed by atoms with Crippen molar-refractivity contribution >= 4 is 39.4 Å². The van der Waals surface area contributed by atoms with Crippen LogP contribution in [0.15, 0.2) is 70.8 Å².